The highest BCUT2D eigenvalue weighted by atomic mass is 16.4. The summed E-state index contributed by atoms with van der Waals surface area (Å²) in [6.45, 7) is 4.92. The number of nitrogens with zero attached hydrogens (tertiary/aromatic N) is 1. The van der Waals surface area contributed by atoms with E-state index in [-0.39, 0.29) is 29.5 Å². The van der Waals surface area contributed by atoms with Gasteiger partial charge in [0.2, 0.25) is 0 Å². The van der Waals surface area contributed by atoms with Crippen molar-refractivity contribution in [2.75, 3.05) is 19.6 Å². The molecule has 1 aromatic rings. The number of likely N-dealkylation sites (tertiary alicyclic amines) is 1. The number of aliphatic carboxylic acids is 1. The lowest BCUT2D eigenvalue weighted by molar-refractivity contribution is -0.138. The van der Waals surface area contributed by atoms with Crippen LogP contribution in [0.4, 0.5) is 0 Å². The number of H-pyrrole nitrogens is 1. The van der Waals surface area contributed by atoms with E-state index < -0.39 is 11.9 Å². The minimum absolute atomic E-state index is 0.0301. The molecule has 1 aromatic heterocycles. The summed E-state index contributed by atoms with van der Waals surface area (Å²) in [5.41, 5.74) is 0.470. The lowest BCUT2D eigenvalue weighted by Crippen LogP contribution is -2.42. The van der Waals surface area contributed by atoms with Gasteiger partial charge in [-0.2, -0.15) is 0 Å². The van der Waals surface area contributed by atoms with Crippen LogP contribution in [0.3, 0.4) is 0 Å². The van der Waals surface area contributed by atoms with Crippen molar-refractivity contribution in [2.45, 2.75) is 32.7 Å². The van der Waals surface area contributed by atoms with Crippen LogP contribution >= 0.6 is 0 Å². The van der Waals surface area contributed by atoms with Gasteiger partial charge in [0.25, 0.3) is 5.91 Å². The van der Waals surface area contributed by atoms with E-state index in [0.717, 1.165) is 12.8 Å². The fourth-order valence-corrected chi connectivity index (χ4v) is 3.10. The number of rotatable bonds is 6. The molecule has 7 heteroatoms. The first-order chi connectivity index (χ1) is 10.9. The van der Waals surface area contributed by atoms with Crippen molar-refractivity contribution in [3.8, 4) is 0 Å². The number of pyridine rings is 1. The number of carbonyl (C=O) groups excluding carboxylic acids is 1. The Balaban J connectivity index is 2.08. The number of hydrogen-bond donors (Lipinski definition) is 3. The molecule has 7 nitrogen and oxygen atoms in total. The lowest BCUT2D eigenvalue weighted by atomic mass is 9.98. The Labute approximate surface area is 134 Å². The highest BCUT2D eigenvalue weighted by Crippen LogP contribution is 2.21. The third kappa shape index (κ3) is 4.41. The van der Waals surface area contributed by atoms with Crippen molar-refractivity contribution < 1.29 is 14.7 Å². The summed E-state index contributed by atoms with van der Waals surface area (Å²) in [4.78, 5) is 39.8. The smallest absolute Gasteiger partial charge is 0.317 e. The van der Waals surface area contributed by atoms with Crippen LogP contribution in [0.15, 0.2) is 17.1 Å². The van der Waals surface area contributed by atoms with Crippen molar-refractivity contribution in [3.05, 3.63) is 33.7 Å². The zero-order valence-electron chi connectivity index (χ0n) is 13.5. The van der Waals surface area contributed by atoms with Gasteiger partial charge in [-0.1, -0.05) is 13.3 Å². The van der Waals surface area contributed by atoms with Crippen LogP contribution in [-0.2, 0) is 4.79 Å². The van der Waals surface area contributed by atoms with E-state index in [4.69, 9.17) is 5.11 Å². The lowest BCUT2D eigenvalue weighted by Gasteiger charge is -2.19. The molecule has 0 radical (unpaired) electrons. The van der Waals surface area contributed by atoms with Crippen LogP contribution < -0.4 is 10.7 Å². The third-order valence-electron chi connectivity index (χ3n) is 4.15. The molecule has 23 heavy (non-hydrogen) atoms. The number of aromatic amines is 1. The molecular weight excluding hydrogens is 298 g/mol. The molecule has 0 aromatic carbocycles. The van der Waals surface area contributed by atoms with Crippen molar-refractivity contribution in [3.63, 3.8) is 0 Å². The van der Waals surface area contributed by atoms with Crippen LogP contribution in [0.25, 0.3) is 0 Å². The van der Waals surface area contributed by atoms with Gasteiger partial charge in [-0.05, 0) is 19.3 Å². The number of amides is 1. The summed E-state index contributed by atoms with van der Waals surface area (Å²) in [6, 6.07) is 1.26. The van der Waals surface area contributed by atoms with E-state index in [9.17, 15) is 14.4 Å². The molecule has 1 fully saturated rings. The Morgan fingerprint density at radius 3 is 2.78 bits per heavy atom. The highest BCUT2D eigenvalue weighted by Gasteiger charge is 2.34. The Bertz CT molecular complexity index is 640. The monoisotopic (exact) mass is 321 g/mol. The van der Waals surface area contributed by atoms with E-state index in [1.165, 1.54) is 12.3 Å². The standard InChI is InChI=1S/C16H23N3O4/c1-3-4-11-7-19(9-15(21)22)8-13(11)18-16(23)12-6-17-10(2)5-14(12)20/h5-6,11,13H,3-4,7-9H2,1-2H3,(H,17,20)(H,18,23)(H,21,22)/t11-,13-/m0/s1. The van der Waals surface area contributed by atoms with Crippen molar-refractivity contribution in [1.29, 1.82) is 0 Å². The molecule has 2 heterocycles. The van der Waals surface area contributed by atoms with Crippen LogP contribution in [0.1, 0.15) is 35.8 Å². The van der Waals surface area contributed by atoms with E-state index in [2.05, 4.69) is 17.2 Å². The Hall–Kier alpha value is -2.15. The SMILES string of the molecule is CCC[C@H]1CN(CC(=O)O)C[C@@H]1NC(=O)c1c[nH]c(C)cc1=O. The Kier molecular flexibility index (Phi) is 5.54. The Morgan fingerprint density at radius 1 is 1.43 bits per heavy atom. The van der Waals surface area contributed by atoms with E-state index in [1.54, 1.807) is 6.92 Å². The van der Waals surface area contributed by atoms with Crippen LogP contribution in [-0.4, -0.2) is 52.5 Å². The van der Waals surface area contributed by atoms with Gasteiger partial charge in [0, 0.05) is 37.1 Å². The van der Waals surface area contributed by atoms with Crippen LogP contribution in [0.2, 0.25) is 0 Å². The summed E-state index contributed by atoms with van der Waals surface area (Å²) >= 11 is 0. The molecule has 1 aliphatic rings. The van der Waals surface area contributed by atoms with Gasteiger partial charge in [0.15, 0.2) is 5.43 Å². The largest absolute Gasteiger partial charge is 0.480 e. The number of hydrogen-bond acceptors (Lipinski definition) is 4. The predicted molar refractivity (Wildman–Crippen MR) is 85.5 cm³/mol. The van der Waals surface area contributed by atoms with Gasteiger partial charge in [-0.25, -0.2) is 0 Å². The molecule has 2 rings (SSSR count). The molecule has 0 spiro atoms. The number of carboxylic acids is 1. The second-order valence-electron chi connectivity index (χ2n) is 6.11. The van der Waals surface area contributed by atoms with Crippen molar-refractivity contribution in [1.82, 2.24) is 15.2 Å². The molecule has 3 N–H and O–H groups in total. The average molecular weight is 321 g/mol. The zero-order chi connectivity index (χ0) is 17.0. The molecule has 0 bridgehead atoms. The van der Waals surface area contributed by atoms with E-state index in [1.807, 2.05) is 4.90 Å². The number of nitrogens with one attached hydrogen (secondary N) is 2. The second kappa shape index (κ2) is 7.41. The quantitative estimate of drug-likeness (QED) is 0.712. The fraction of sp³-hybridized carbons (Fsp3) is 0.562. The number of carboxylic acid groups (broad SMARTS) is 1. The first-order valence-electron chi connectivity index (χ1n) is 7.85. The maximum Gasteiger partial charge on any atom is 0.317 e. The van der Waals surface area contributed by atoms with Crippen molar-refractivity contribution in [2.24, 2.45) is 5.92 Å². The Morgan fingerprint density at radius 2 is 2.17 bits per heavy atom. The van der Waals surface area contributed by atoms with Gasteiger partial charge in [-0.15, -0.1) is 0 Å². The minimum Gasteiger partial charge on any atom is -0.480 e. The van der Waals surface area contributed by atoms with E-state index in [0.29, 0.717) is 18.8 Å². The molecule has 1 aliphatic heterocycles. The van der Waals surface area contributed by atoms with Gasteiger partial charge in [-0.3, -0.25) is 19.3 Å². The third-order valence-corrected chi connectivity index (χ3v) is 4.15. The molecular formula is C16H23N3O4. The predicted octanol–water partition coefficient (Wildman–Crippen LogP) is 0.598. The average Bonchev–Trinajstić information content (AvgIpc) is 2.79. The molecule has 1 amide bonds. The maximum absolute atomic E-state index is 12.3. The maximum atomic E-state index is 12.3. The number of aryl methyl sites for hydroxylation is 1. The fourth-order valence-electron chi connectivity index (χ4n) is 3.10. The number of carbonyl (C=O) groups is 2. The van der Waals surface area contributed by atoms with Gasteiger partial charge in [0.05, 0.1) is 6.54 Å². The van der Waals surface area contributed by atoms with Crippen LogP contribution in [0, 0.1) is 12.8 Å². The highest BCUT2D eigenvalue weighted by molar-refractivity contribution is 5.94. The summed E-state index contributed by atoms with van der Waals surface area (Å²) in [5, 5.41) is 11.8. The molecule has 1 saturated heterocycles. The van der Waals surface area contributed by atoms with Crippen molar-refractivity contribution >= 4 is 11.9 Å². The zero-order valence-corrected chi connectivity index (χ0v) is 13.5. The first-order valence-corrected chi connectivity index (χ1v) is 7.85. The molecule has 0 unspecified atom stereocenters. The number of aromatic nitrogens is 1. The van der Waals surface area contributed by atoms with Gasteiger partial charge in [0.1, 0.15) is 5.56 Å². The van der Waals surface area contributed by atoms with Crippen LogP contribution in [0.5, 0.6) is 0 Å². The first kappa shape index (κ1) is 17.2. The summed E-state index contributed by atoms with van der Waals surface area (Å²) in [5.74, 6) is -1.08. The molecule has 126 valence electrons. The normalized spacial score (nSPS) is 21.3. The summed E-state index contributed by atoms with van der Waals surface area (Å²) in [7, 11) is 0. The summed E-state index contributed by atoms with van der Waals surface area (Å²) in [6.07, 6.45) is 3.29. The summed E-state index contributed by atoms with van der Waals surface area (Å²) < 4.78 is 0. The van der Waals surface area contributed by atoms with Gasteiger partial charge < -0.3 is 15.4 Å². The molecule has 2 atom stereocenters. The molecule has 0 aliphatic carbocycles. The molecule has 0 saturated carbocycles. The second-order valence-corrected chi connectivity index (χ2v) is 6.11. The van der Waals surface area contributed by atoms with E-state index >= 15 is 0 Å². The minimum atomic E-state index is -0.873. The van der Waals surface area contributed by atoms with Gasteiger partial charge >= 0.3 is 5.97 Å². The topological polar surface area (TPSA) is 102 Å².